The Morgan fingerprint density at radius 1 is 1.12 bits per heavy atom. The van der Waals surface area contributed by atoms with Gasteiger partial charge in [0.15, 0.2) is 12.7 Å². The van der Waals surface area contributed by atoms with E-state index in [4.69, 9.17) is 9.47 Å². The summed E-state index contributed by atoms with van der Waals surface area (Å²) in [4.78, 5) is 41.5. The van der Waals surface area contributed by atoms with Crippen LogP contribution in [0.1, 0.15) is 43.4 Å². The lowest BCUT2D eigenvalue weighted by Crippen LogP contribution is -2.59. The molecule has 10 heteroatoms. The number of carbonyl (C=O) groups excluding carboxylic acids is 3. The summed E-state index contributed by atoms with van der Waals surface area (Å²) in [6.45, 7) is 8.45. The average Bonchev–Trinajstić information content (AvgIpc) is 3.58. The highest BCUT2D eigenvalue weighted by Gasteiger charge is 2.49. The zero-order valence-corrected chi connectivity index (χ0v) is 25.0. The Bertz CT molecular complexity index is 1200. The fourth-order valence-corrected chi connectivity index (χ4v) is 6.53. The molecule has 3 amide bonds. The van der Waals surface area contributed by atoms with Crippen LogP contribution in [-0.4, -0.2) is 82.4 Å². The molecule has 2 saturated heterocycles. The van der Waals surface area contributed by atoms with Gasteiger partial charge in [0.1, 0.15) is 11.8 Å². The minimum atomic E-state index is -1.57. The van der Waals surface area contributed by atoms with E-state index in [1.165, 1.54) is 16.7 Å². The van der Waals surface area contributed by atoms with E-state index >= 15 is 0 Å². The monoisotopic (exact) mass is 583 g/mol. The van der Waals surface area contributed by atoms with Crippen molar-refractivity contribution in [2.45, 2.75) is 76.0 Å². The number of thioether (sulfide) groups is 1. The molecule has 0 aromatic heterocycles. The van der Waals surface area contributed by atoms with Crippen LogP contribution in [0, 0.1) is 13.8 Å². The Morgan fingerprint density at radius 3 is 2.49 bits per heavy atom. The molecule has 0 spiro atoms. The summed E-state index contributed by atoms with van der Waals surface area (Å²) in [5, 5.41) is 17.2. The molecular weight excluding hydrogens is 542 g/mol. The van der Waals surface area contributed by atoms with Gasteiger partial charge in [-0.25, -0.2) is 0 Å². The van der Waals surface area contributed by atoms with Crippen molar-refractivity contribution in [3.8, 4) is 5.75 Å². The number of nitrogens with zero attached hydrogens (tertiary/aromatic N) is 1. The van der Waals surface area contributed by atoms with E-state index in [0.29, 0.717) is 18.9 Å². The van der Waals surface area contributed by atoms with Crippen molar-refractivity contribution in [1.82, 2.24) is 15.5 Å². The van der Waals surface area contributed by atoms with Crippen LogP contribution in [0.5, 0.6) is 5.75 Å². The van der Waals surface area contributed by atoms with Crippen molar-refractivity contribution in [3.05, 3.63) is 65.2 Å². The fourth-order valence-electron chi connectivity index (χ4n) is 5.39. The van der Waals surface area contributed by atoms with Crippen LogP contribution in [0.25, 0.3) is 0 Å². The van der Waals surface area contributed by atoms with Gasteiger partial charge in [-0.1, -0.05) is 48.5 Å². The van der Waals surface area contributed by atoms with E-state index in [0.717, 1.165) is 29.5 Å². The van der Waals surface area contributed by atoms with Crippen LogP contribution in [0.3, 0.4) is 0 Å². The molecular formula is C31H41N3O6S. The highest BCUT2D eigenvalue weighted by Crippen LogP contribution is 2.40. The quantitative estimate of drug-likeness (QED) is 0.373. The summed E-state index contributed by atoms with van der Waals surface area (Å²) < 4.78 is 10.9. The van der Waals surface area contributed by atoms with Crippen LogP contribution in [-0.2, 0) is 25.5 Å². The van der Waals surface area contributed by atoms with Gasteiger partial charge in [-0.2, -0.15) is 0 Å². The molecule has 0 aliphatic carbocycles. The molecule has 2 aliphatic rings. The first kappa shape index (κ1) is 30.9. The topological polar surface area (TPSA) is 117 Å². The summed E-state index contributed by atoms with van der Waals surface area (Å²) in [5.74, 6) is -0.448. The average molecular weight is 584 g/mol. The van der Waals surface area contributed by atoms with Gasteiger partial charge in [0, 0.05) is 17.9 Å². The van der Waals surface area contributed by atoms with E-state index in [9.17, 15) is 19.5 Å². The zero-order chi connectivity index (χ0) is 29.6. The summed E-state index contributed by atoms with van der Waals surface area (Å²) in [6, 6.07) is 13.4. The van der Waals surface area contributed by atoms with Gasteiger partial charge in [0.05, 0.1) is 18.0 Å². The van der Waals surface area contributed by atoms with E-state index in [1.807, 2.05) is 76.2 Å². The first-order valence-corrected chi connectivity index (χ1v) is 15.1. The lowest BCUT2D eigenvalue weighted by Gasteiger charge is -2.33. The number of hydrogen-bond donors (Lipinski definition) is 3. The molecule has 0 saturated carbocycles. The molecule has 2 heterocycles. The summed E-state index contributed by atoms with van der Waals surface area (Å²) in [5.41, 5.74) is 2.67. The SMILES string of the molecule is Cc1cccc(C)c1OCC(=O)N[C@@H](Cc1ccccc1)[C@H](O)C(=O)N1CSC(C)(C)C1C(=O)NC[C@H]1CCCO1. The molecule has 9 nitrogen and oxygen atoms in total. The maximum Gasteiger partial charge on any atom is 0.258 e. The Kier molecular flexibility index (Phi) is 10.3. The summed E-state index contributed by atoms with van der Waals surface area (Å²) in [6.07, 6.45) is 0.484. The van der Waals surface area contributed by atoms with Crippen LogP contribution < -0.4 is 15.4 Å². The number of amides is 3. The molecule has 222 valence electrons. The smallest absolute Gasteiger partial charge is 0.258 e. The molecule has 3 N–H and O–H groups in total. The van der Waals surface area contributed by atoms with E-state index < -0.39 is 34.7 Å². The van der Waals surface area contributed by atoms with Gasteiger partial charge in [-0.05, 0) is 63.6 Å². The first-order chi connectivity index (χ1) is 19.6. The van der Waals surface area contributed by atoms with Crippen molar-refractivity contribution in [1.29, 1.82) is 0 Å². The molecule has 0 radical (unpaired) electrons. The summed E-state index contributed by atoms with van der Waals surface area (Å²) >= 11 is 1.48. The molecule has 2 aromatic carbocycles. The lowest BCUT2D eigenvalue weighted by molar-refractivity contribution is -0.148. The predicted octanol–water partition coefficient (Wildman–Crippen LogP) is 2.75. The van der Waals surface area contributed by atoms with E-state index in [-0.39, 0.29) is 30.9 Å². The third-order valence-electron chi connectivity index (χ3n) is 7.64. The number of aliphatic hydroxyl groups is 1. The van der Waals surface area contributed by atoms with E-state index in [2.05, 4.69) is 10.6 Å². The van der Waals surface area contributed by atoms with Crippen LogP contribution in [0.2, 0.25) is 0 Å². The van der Waals surface area contributed by atoms with Gasteiger partial charge in [0.2, 0.25) is 5.91 Å². The Balaban J connectivity index is 1.47. The van der Waals surface area contributed by atoms with E-state index in [1.54, 1.807) is 0 Å². The Morgan fingerprint density at radius 2 is 1.83 bits per heavy atom. The van der Waals surface area contributed by atoms with Crippen LogP contribution in [0.4, 0.5) is 0 Å². The number of ether oxygens (including phenoxy) is 2. The maximum absolute atomic E-state index is 13.8. The second kappa shape index (κ2) is 13.7. The number of carbonyl (C=O) groups is 3. The second-order valence-electron chi connectivity index (χ2n) is 11.3. The third-order valence-corrected chi connectivity index (χ3v) is 9.02. The number of hydrogen-bond acceptors (Lipinski definition) is 7. The van der Waals surface area contributed by atoms with Crippen molar-refractivity contribution in [2.24, 2.45) is 0 Å². The zero-order valence-electron chi connectivity index (χ0n) is 24.2. The van der Waals surface area contributed by atoms with Gasteiger partial charge in [-0.3, -0.25) is 14.4 Å². The number of rotatable bonds is 11. The van der Waals surface area contributed by atoms with Gasteiger partial charge >= 0.3 is 0 Å². The molecule has 41 heavy (non-hydrogen) atoms. The Labute approximate surface area is 246 Å². The molecule has 2 fully saturated rings. The fraction of sp³-hybridized carbons (Fsp3) is 0.516. The minimum Gasteiger partial charge on any atom is -0.483 e. The highest BCUT2D eigenvalue weighted by molar-refractivity contribution is 8.00. The predicted molar refractivity (Wildman–Crippen MR) is 159 cm³/mol. The maximum atomic E-state index is 13.8. The second-order valence-corrected chi connectivity index (χ2v) is 12.9. The molecule has 4 atom stereocenters. The number of benzene rings is 2. The van der Waals surface area contributed by atoms with Crippen molar-refractivity contribution >= 4 is 29.5 Å². The molecule has 2 aliphatic heterocycles. The molecule has 0 bridgehead atoms. The number of para-hydroxylation sites is 1. The van der Waals surface area contributed by atoms with Crippen molar-refractivity contribution < 1.29 is 29.0 Å². The summed E-state index contributed by atoms with van der Waals surface area (Å²) in [7, 11) is 0. The van der Waals surface area contributed by atoms with Crippen LogP contribution >= 0.6 is 11.8 Å². The largest absolute Gasteiger partial charge is 0.483 e. The van der Waals surface area contributed by atoms with Gasteiger partial charge < -0.3 is 30.1 Å². The highest BCUT2D eigenvalue weighted by atomic mass is 32.2. The van der Waals surface area contributed by atoms with Crippen molar-refractivity contribution in [3.63, 3.8) is 0 Å². The normalized spacial score (nSPS) is 21.2. The van der Waals surface area contributed by atoms with Gasteiger partial charge in [-0.15, -0.1) is 11.8 Å². The minimum absolute atomic E-state index is 0.0259. The van der Waals surface area contributed by atoms with Crippen LogP contribution in [0.15, 0.2) is 48.5 Å². The lowest BCUT2D eigenvalue weighted by atomic mass is 9.97. The third kappa shape index (κ3) is 7.81. The first-order valence-electron chi connectivity index (χ1n) is 14.1. The molecule has 4 rings (SSSR count). The number of aryl methyl sites for hydroxylation is 2. The van der Waals surface area contributed by atoms with Crippen molar-refractivity contribution in [2.75, 3.05) is 25.6 Å². The number of aliphatic hydroxyl groups excluding tert-OH is 1. The number of nitrogens with one attached hydrogen (secondary N) is 2. The Hall–Kier alpha value is -3.08. The van der Waals surface area contributed by atoms with Gasteiger partial charge in [0.25, 0.3) is 11.8 Å². The standard InChI is InChI=1S/C31H41N3O6S/c1-20-10-8-11-21(2)27(20)40-18-25(35)33-24(16-22-12-6-5-7-13-22)26(36)30(38)34-19-41-31(3,4)28(34)29(37)32-17-23-14-9-15-39-23/h5-8,10-13,23-24,26,28,36H,9,14-19H2,1-4H3,(H,32,37)(H,33,35)/t23-,24+,26+,28?/m1/s1. The molecule has 1 unspecified atom stereocenters. The molecule has 2 aromatic rings.